The molecule has 0 aromatic rings. The van der Waals surface area contributed by atoms with Gasteiger partial charge in [0.1, 0.15) is 6.23 Å². The minimum absolute atomic E-state index is 0.277. The van der Waals surface area contributed by atoms with Crippen LogP contribution in [0.4, 0.5) is 0 Å². The average molecular weight is 256 g/mol. The Kier molecular flexibility index (Phi) is 7.28. The van der Waals surface area contributed by atoms with Crippen LogP contribution < -0.4 is 0 Å². The lowest BCUT2D eigenvalue weighted by Crippen LogP contribution is -2.51. The van der Waals surface area contributed by atoms with E-state index in [4.69, 9.17) is 0 Å². The van der Waals surface area contributed by atoms with E-state index >= 15 is 0 Å². The van der Waals surface area contributed by atoms with Gasteiger partial charge in [-0.25, -0.2) is 0 Å². The molecule has 1 unspecified atom stereocenters. The molecule has 0 saturated carbocycles. The highest BCUT2D eigenvalue weighted by Gasteiger charge is 2.24. The van der Waals surface area contributed by atoms with E-state index in [1.807, 2.05) is 4.90 Å². The highest BCUT2D eigenvalue weighted by Crippen LogP contribution is 2.11. The molecule has 1 saturated heterocycles. The number of carbonyl (C=O) groups excluding carboxylic acids is 1. The molecule has 0 aromatic heterocycles. The molecule has 0 aliphatic carbocycles. The molecule has 1 rings (SSSR count). The Balaban J connectivity index is 2.25. The Morgan fingerprint density at radius 3 is 2.28 bits per heavy atom. The van der Waals surface area contributed by atoms with Crippen LogP contribution in [0.5, 0.6) is 0 Å². The van der Waals surface area contributed by atoms with E-state index in [9.17, 15) is 9.90 Å². The van der Waals surface area contributed by atoms with Crippen LogP contribution in [0.2, 0.25) is 0 Å². The number of hydrogen-bond donors (Lipinski definition) is 1. The van der Waals surface area contributed by atoms with Gasteiger partial charge in [-0.05, 0) is 19.3 Å². The van der Waals surface area contributed by atoms with Crippen LogP contribution in [0.25, 0.3) is 0 Å². The number of hydrogen-bond acceptors (Lipinski definition) is 3. The highest BCUT2D eigenvalue weighted by molar-refractivity contribution is 5.76. The fourth-order valence-electron chi connectivity index (χ4n) is 2.32. The molecular weight excluding hydrogens is 228 g/mol. The molecule has 18 heavy (non-hydrogen) atoms. The summed E-state index contributed by atoms with van der Waals surface area (Å²) in [7, 11) is 0. The summed E-state index contributed by atoms with van der Waals surface area (Å²) in [5.41, 5.74) is 0. The van der Waals surface area contributed by atoms with Crippen LogP contribution >= 0.6 is 0 Å². The van der Waals surface area contributed by atoms with Gasteiger partial charge in [0.05, 0.1) is 0 Å². The van der Waals surface area contributed by atoms with Crippen LogP contribution in [0.15, 0.2) is 0 Å². The molecule has 1 fully saturated rings. The normalized spacial score (nSPS) is 18.9. The lowest BCUT2D eigenvalue weighted by atomic mass is 10.2. The maximum Gasteiger partial charge on any atom is 0.222 e. The predicted octanol–water partition coefficient (Wildman–Crippen LogP) is 1.83. The molecule has 1 N–H and O–H groups in total. The third-order valence-electron chi connectivity index (χ3n) is 3.65. The molecule has 4 nitrogen and oxygen atoms in total. The van der Waals surface area contributed by atoms with Crippen molar-refractivity contribution in [2.24, 2.45) is 0 Å². The standard InChI is InChI=1S/C14H28N2O2/c1-3-5-7-13(17)15-9-11-16(12-10-15)14(18)8-6-4-2/h13,17H,3-12H2,1-2H3. The molecule has 1 aliphatic heterocycles. The second kappa shape index (κ2) is 8.48. The van der Waals surface area contributed by atoms with Crippen molar-refractivity contribution in [3.05, 3.63) is 0 Å². The van der Waals surface area contributed by atoms with Crippen LogP contribution in [-0.2, 0) is 4.79 Å². The van der Waals surface area contributed by atoms with Crippen molar-refractivity contribution in [2.75, 3.05) is 26.2 Å². The second-order valence-corrected chi connectivity index (χ2v) is 5.14. The van der Waals surface area contributed by atoms with Crippen LogP contribution in [0.1, 0.15) is 52.4 Å². The van der Waals surface area contributed by atoms with E-state index in [2.05, 4.69) is 18.7 Å². The van der Waals surface area contributed by atoms with Gasteiger partial charge in [0.2, 0.25) is 5.91 Å². The number of carbonyl (C=O) groups is 1. The first-order valence-electron chi connectivity index (χ1n) is 7.39. The fraction of sp³-hybridized carbons (Fsp3) is 0.929. The Hall–Kier alpha value is -0.610. The van der Waals surface area contributed by atoms with Crippen molar-refractivity contribution in [3.63, 3.8) is 0 Å². The van der Waals surface area contributed by atoms with Crippen molar-refractivity contribution < 1.29 is 9.90 Å². The zero-order valence-corrected chi connectivity index (χ0v) is 11.9. The molecule has 1 amide bonds. The first-order valence-corrected chi connectivity index (χ1v) is 7.39. The summed E-state index contributed by atoms with van der Waals surface area (Å²) in [6.07, 6.45) is 5.44. The number of amides is 1. The molecule has 4 heteroatoms. The van der Waals surface area contributed by atoms with Gasteiger partial charge in [0.15, 0.2) is 0 Å². The summed E-state index contributed by atoms with van der Waals surface area (Å²) < 4.78 is 0. The SMILES string of the molecule is CCCCC(=O)N1CCN(C(O)CCCC)CC1. The summed E-state index contributed by atoms with van der Waals surface area (Å²) >= 11 is 0. The summed E-state index contributed by atoms with van der Waals surface area (Å²) in [6.45, 7) is 7.40. The molecule has 1 atom stereocenters. The molecule has 1 heterocycles. The first-order chi connectivity index (χ1) is 8.69. The summed E-state index contributed by atoms with van der Waals surface area (Å²) in [6, 6.07) is 0. The Bertz CT molecular complexity index is 238. The number of aliphatic hydroxyl groups excluding tert-OH is 1. The molecule has 0 radical (unpaired) electrons. The Labute approximate surface area is 111 Å². The van der Waals surface area contributed by atoms with Crippen LogP contribution in [0, 0.1) is 0 Å². The maximum absolute atomic E-state index is 11.9. The van der Waals surface area contributed by atoms with Gasteiger partial charge in [-0.2, -0.15) is 0 Å². The summed E-state index contributed by atoms with van der Waals surface area (Å²) in [5, 5.41) is 9.99. The van der Waals surface area contributed by atoms with Gasteiger partial charge in [0.25, 0.3) is 0 Å². The summed E-state index contributed by atoms with van der Waals surface area (Å²) in [4.78, 5) is 15.9. The first kappa shape index (κ1) is 15.4. The van der Waals surface area contributed by atoms with E-state index < -0.39 is 0 Å². The monoisotopic (exact) mass is 256 g/mol. The predicted molar refractivity (Wildman–Crippen MR) is 73.2 cm³/mol. The zero-order valence-electron chi connectivity index (χ0n) is 11.9. The number of unbranched alkanes of at least 4 members (excludes halogenated alkanes) is 2. The van der Waals surface area contributed by atoms with Gasteiger partial charge in [-0.1, -0.05) is 26.7 Å². The van der Waals surface area contributed by atoms with Crippen molar-refractivity contribution in [3.8, 4) is 0 Å². The maximum atomic E-state index is 11.9. The van der Waals surface area contributed by atoms with E-state index in [0.717, 1.165) is 58.3 Å². The van der Waals surface area contributed by atoms with E-state index in [0.29, 0.717) is 6.42 Å². The van der Waals surface area contributed by atoms with Crippen LogP contribution in [0.3, 0.4) is 0 Å². The highest BCUT2D eigenvalue weighted by atomic mass is 16.3. The molecule has 0 bridgehead atoms. The van der Waals surface area contributed by atoms with Crippen molar-refractivity contribution in [1.82, 2.24) is 9.80 Å². The zero-order chi connectivity index (χ0) is 13.4. The number of piperazine rings is 1. The Morgan fingerprint density at radius 1 is 1.11 bits per heavy atom. The van der Waals surface area contributed by atoms with Gasteiger partial charge >= 0.3 is 0 Å². The van der Waals surface area contributed by atoms with E-state index in [1.54, 1.807) is 0 Å². The molecule has 106 valence electrons. The third kappa shape index (κ3) is 4.94. The second-order valence-electron chi connectivity index (χ2n) is 5.14. The molecule has 1 aliphatic rings. The fourth-order valence-corrected chi connectivity index (χ4v) is 2.32. The van der Waals surface area contributed by atoms with Gasteiger partial charge in [-0.3, -0.25) is 9.69 Å². The molecule has 0 spiro atoms. The van der Waals surface area contributed by atoms with Crippen molar-refractivity contribution >= 4 is 5.91 Å². The average Bonchev–Trinajstić information content (AvgIpc) is 2.42. The van der Waals surface area contributed by atoms with E-state index in [1.165, 1.54) is 0 Å². The van der Waals surface area contributed by atoms with E-state index in [-0.39, 0.29) is 12.1 Å². The third-order valence-corrected chi connectivity index (χ3v) is 3.65. The minimum atomic E-state index is -0.321. The molecule has 0 aromatic carbocycles. The topological polar surface area (TPSA) is 43.8 Å². The Morgan fingerprint density at radius 2 is 1.72 bits per heavy atom. The van der Waals surface area contributed by atoms with Gasteiger partial charge in [0, 0.05) is 32.6 Å². The van der Waals surface area contributed by atoms with Crippen LogP contribution in [-0.4, -0.2) is 53.2 Å². The number of rotatable bonds is 7. The summed E-state index contributed by atoms with van der Waals surface area (Å²) in [5.74, 6) is 0.277. The number of aliphatic hydroxyl groups is 1. The molecular formula is C14H28N2O2. The van der Waals surface area contributed by atoms with Crippen molar-refractivity contribution in [1.29, 1.82) is 0 Å². The minimum Gasteiger partial charge on any atom is -0.378 e. The van der Waals surface area contributed by atoms with Gasteiger partial charge in [-0.15, -0.1) is 0 Å². The number of nitrogens with zero attached hydrogens (tertiary/aromatic N) is 2. The largest absolute Gasteiger partial charge is 0.378 e. The quantitative estimate of drug-likeness (QED) is 0.756. The lowest BCUT2D eigenvalue weighted by molar-refractivity contribution is -0.135. The smallest absolute Gasteiger partial charge is 0.222 e. The lowest BCUT2D eigenvalue weighted by Gasteiger charge is -2.37. The van der Waals surface area contributed by atoms with Crippen molar-refractivity contribution in [2.45, 2.75) is 58.6 Å². The van der Waals surface area contributed by atoms with Gasteiger partial charge < -0.3 is 10.0 Å².